The summed E-state index contributed by atoms with van der Waals surface area (Å²) in [6.07, 6.45) is 3.32. The Hall–Kier alpha value is -2.64. The van der Waals surface area contributed by atoms with Crippen LogP contribution in [0.2, 0.25) is 0 Å². The second kappa shape index (κ2) is 5.13. The normalized spacial score (nSPS) is 10.2. The van der Waals surface area contributed by atoms with Crippen LogP contribution in [-0.4, -0.2) is 32.4 Å². The predicted molar refractivity (Wildman–Crippen MR) is 65.7 cm³/mol. The van der Waals surface area contributed by atoms with Crippen molar-refractivity contribution in [2.45, 2.75) is 6.54 Å². The monoisotopic (exact) mass is 247 g/mol. The van der Waals surface area contributed by atoms with Gasteiger partial charge >= 0.3 is 0 Å². The molecule has 2 heterocycles. The maximum absolute atomic E-state index is 10.8. The number of amides is 1. The lowest BCUT2D eigenvalue weighted by Crippen LogP contribution is -2.15. The van der Waals surface area contributed by atoms with Crippen LogP contribution in [0.1, 0.15) is 10.5 Å². The number of hydrogen-bond donors (Lipinski definition) is 3. The van der Waals surface area contributed by atoms with Crippen molar-refractivity contribution >= 4 is 17.4 Å². The summed E-state index contributed by atoms with van der Waals surface area (Å²) >= 11 is 0. The third-order valence-electron chi connectivity index (χ3n) is 2.22. The van der Waals surface area contributed by atoms with E-state index in [-0.39, 0.29) is 5.69 Å². The summed E-state index contributed by atoms with van der Waals surface area (Å²) in [5.41, 5.74) is 11.4. The second-order valence-corrected chi connectivity index (χ2v) is 3.63. The molecule has 0 radical (unpaired) electrons. The molecule has 0 unspecified atom stereocenters. The van der Waals surface area contributed by atoms with Crippen molar-refractivity contribution in [3.63, 3.8) is 0 Å². The molecule has 0 aliphatic carbocycles. The zero-order valence-electron chi connectivity index (χ0n) is 9.58. The summed E-state index contributed by atoms with van der Waals surface area (Å²) in [5, 5.41) is 14.6. The van der Waals surface area contributed by atoms with Gasteiger partial charge < -0.3 is 16.8 Å². The molecule has 8 heteroatoms. The van der Waals surface area contributed by atoms with E-state index in [1.807, 2.05) is 0 Å². The summed E-state index contributed by atoms with van der Waals surface area (Å²) in [4.78, 5) is 10.8. The van der Waals surface area contributed by atoms with Gasteiger partial charge in [-0.05, 0) is 12.1 Å². The van der Waals surface area contributed by atoms with Crippen LogP contribution in [0.25, 0.3) is 0 Å². The number of nitrogens with zero attached hydrogens (tertiary/aromatic N) is 4. The van der Waals surface area contributed by atoms with Crippen molar-refractivity contribution in [2.75, 3.05) is 17.6 Å². The molecule has 0 atom stereocenters. The summed E-state index contributed by atoms with van der Waals surface area (Å²) in [6.45, 7) is 1.27. The molecule has 0 aliphatic heterocycles. The first-order valence-electron chi connectivity index (χ1n) is 5.30. The molecule has 0 fully saturated rings. The molecule has 0 saturated carbocycles. The van der Waals surface area contributed by atoms with E-state index >= 15 is 0 Å². The lowest BCUT2D eigenvalue weighted by Gasteiger charge is -2.05. The lowest BCUT2D eigenvalue weighted by atomic mass is 10.4. The van der Waals surface area contributed by atoms with Crippen molar-refractivity contribution in [1.82, 2.24) is 20.0 Å². The fourth-order valence-corrected chi connectivity index (χ4v) is 1.36. The number of anilines is 2. The average molecular weight is 247 g/mol. The molecule has 2 aromatic rings. The van der Waals surface area contributed by atoms with Crippen LogP contribution in [0, 0.1) is 0 Å². The Bertz CT molecular complexity index is 533. The van der Waals surface area contributed by atoms with Gasteiger partial charge in [-0.1, -0.05) is 0 Å². The van der Waals surface area contributed by atoms with Crippen LogP contribution in [0.5, 0.6) is 0 Å². The Morgan fingerprint density at radius 1 is 1.39 bits per heavy atom. The average Bonchev–Trinajstić information content (AvgIpc) is 2.76. The number of hydrogen-bond acceptors (Lipinski definition) is 6. The quantitative estimate of drug-likeness (QED) is 0.652. The van der Waals surface area contributed by atoms with Gasteiger partial charge in [0, 0.05) is 12.7 Å². The van der Waals surface area contributed by atoms with E-state index < -0.39 is 5.91 Å². The molecule has 8 nitrogen and oxygen atoms in total. The molecule has 5 N–H and O–H groups in total. The molecule has 18 heavy (non-hydrogen) atoms. The predicted octanol–water partition coefficient (Wildman–Crippen LogP) is -0.534. The first-order chi connectivity index (χ1) is 8.65. The summed E-state index contributed by atoms with van der Waals surface area (Å²) < 4.78 is 1.72. The maximum atomic E-state index is 10.8. The van der Waals surface area contributed by atoms with E-state index in [0.29, 0.717) is 24.6 Å². The SMILES string of the molecule is NC(=O)c1ccc(NCCn2cc(N)cn2)nn1. The van der Waals surface area contributed by atoms with Gasteiger partial charge in [-0.3, -0.25) is 9.48 Å². The number of primary amides is 1. The molecule has 2 rings (SSSR count). The van der Waals surface area contributed by atoms with Gasteiger partial charge in [-0.2, -0.15) is 5.10 Å². The molecule has 2 aromatic heterocycles. The lowest BCUT2D eigenvalue weighted by molar-refractivity contribution is 0.0994. The number of nitrogen functional groups attached to an aromatic ring is 1. The molecule has 1 amide bonds. The van der Waals surface area contributed by atoms with E-state index in [9.17, 15) is 4.79 Å². The van der Waals surface area contributed by atoms with Crippen LogP contribution in [0.15, 0.2) is 24.5 Å². The standard InChI is InChI=1S/C10H13N7O/c11-7-5-14-17(6-7)4-3-13-9-2-1-8(10(12)18)15-16-9/h1-2,5-6H,3-4,11H2,(H2,12,18)(H,13,16). The smallest absolute Gasteiger partial charge is 0.269 e. The van der Waals surface area contributed by atoms with Gasteiger partial charge in [0.25, 0.3) is 5.91 Å². The first kappa shape index (κ1) is 11.8. The van der Waals surface area contributed by atoms with Gasteiger partial charge in [0.1, 0.15) is 5.82 Å². The highest BCUT2D eigenvalue weighted by Gasteiger charge is 2.02. The molecule has 0 aromatic carbocycles. The van der Waals surface area contributed by atoms with Crippen LogP contribution in [-0.2, 0) is 6.54 Å². The van der Waals surface area contributed by atoms with Crippen LogP contribution < -0.4 is 16.8 Å². The Morgan fingerprint density at radius 3 is 2.78 bits per heavy atom. The Balaban J connectivity index is 1.85. The van der Waals surface area contributed by atoms with Gasteiger partial charge in [-0.25, -0.2) is 0 Å². The largest absolute Gasteiger partial charge is 0.396 e. The van der Waals surface area contributed by atoms with E-state index in [1.54, 1.807) is 23.1 Å². The highest BCUT2D eigenvalue weighted by Crippen LogP contribution is 2.02. The van der Waals surface area contributed by atoms with E-state index in [1.165, 1.54) is 6.07 Å². The minimum Gasteiger partial charge on any atom is -0.396 e. The zero-order chi connectivity index (χ0) is 13.0. The van der Waals surface area contributed by atoms with Crippen LogP contribution in [0.4, 0.5) is 11.5 Å². The van der Waals surface area contributed by atoms with E-state index in [4.69, 9.17) is 11.5 Å². The van der Waals surface area contributed by atoms with Crippen molar-refractivity contribution in [1.29, 1.82) is 0 Å². The molecule has 0 saturated heterocycles. The first-order valence-corrected chi connectivity index (χ1v) is 5.30. The number of nitrogens with one attached hydrogen (secondary N) is 1. The van der Waals surface area contributed by atoms with Crippen LogP contribution >= 0.6 is 0 Å². The minimum atomic E-state index is -0.596. The number of carbonyl (C=O) groups excluding carboxylic acids is 1. The maximum Gasteiger partial charge on any atom is 0.269 e. The summed E-state index contributed by atoms with van der Waals surface area (Å²) in [7, 11) is 0. The van der Waals surface area contributed by atoms with Crippen LogP contribution in [0.3, 0.4) is 0 Å². The van der Waals surface area contributed by atoms with Gasteiger partial charge in [0.15, 0.2) is 5.69 Å². The molecule has 0 bridgehead atoms. The topological polar surface area (TPSA) is 125 Å². The Kier molecular flexibility index (Phi) is 3.37. The Labute approximate surface area is 103 Å². The number of nitrogens with two attached hydrogens (primary N) is 2. The fourth-order valence-electron chi connectivity index (χ4n) is 1.36. The molecular weight excluding hydrogens is 234 g/mol. The van der Waals surface area contributed by atoms with E-state index in [2.05, 4.69) is 20.6 Å². The van der Waals surface area contributed by atoms with E-state index in [0.717, 1.165) is 0 Å². The van der Waals surface area contributed by atoms with Gasteiger partial charge in [0.2, 0.25) is 0 Å². The third kappa shape index (κ3) is 2.94. The Morgan fingerprint density at radius 2 is 2.22 bits per heavy atom. The summed E-state index contributed by atoms with van der Waals surface area (Å²) in [5.74, 6) is -0.0267. The third-order valence-corrected chi connectivity index (χ3v) is 2.22. The molecule has 0 aliphatic rings. The second-order valence-electron chi connectivity index (χ2n) is 3.63. The van der Waals surface area contributed by atoms with Crippen molar-refractivity contribution in [3.05, 3.63) is 30.2 Å². The molecule has 94 valence electrons. The van der Waals surface area contributed by atoms with Gasteiger partial charge in [0.05, 0.1) is 18.4 Å². The number of carbonyl (C=O) groups is 1. The molecule has 0 spiro atoms. The molecular formula is C10H13N7O. The highest BCUT2D eigenvalue weighted by atomic mass is 16.1. The number of aromatic nitrogens is 4. The number of rotatable bonds is 5. The van der Waals surface area contributed by atoms with Gasteiger partial charge in [-0.15, -0.1) is 10.2 Å². The van der Waals surface area contributed by atoms with Crippen molar-refractivity contribution in [2.24, 2.45) is 5.73 Å². The minimum absolute atomic E-state index is 0.139. The van der Waals surface area contributed by atoms with Crippen molar-refractivity contribution in [3.8, 4) is 0 Å². The zero-order valence-corrected chi connectivity index (χ0v) is 9.58. The highest BCUT2D eigenvalue weighted by molar-refractivity contribution is 5.90. The van der Waals surface area contributed by atoms with Crippen molar-refractivity contribution < 1.29 is 4.79 Å². The fraction of sp³-hybridized carbons (Fsp3) is 0.200. The summed E-state index contributed by atoms with van der Waals surface area (Å²) in [6, 6.07) is 3.16.